The molecule has 0 radical (unpaired) electrons. The van der Waals surface area contributed by atoms with Crippen molar-refractivity contribution in [1.29, 1.82) is 0 Å². The molecule has 1 aliphatic heterocycles. The molecule has 1 aromatic carbocycles. The molecule has 9 heteroatoms. The molecule has 156 valence electrons. The molecule has 0 unspecified atom stereocenters. The van der Waals surface area contributed by atoms with Gasteiger partial charge in [-0.15, -0.1) is 0 Å². The Hall–Kier alpha value is -2.49. The average molecular weight is 418 g/mol. The lowest BCUT2D eigenvalue weighted by Crippen LogP contribution is -2.41. The Kier molecular flexibility index (Phi) is 7.56. The Balaban J connectivity index is 1.61. The Bertz CT molecular complexity index is 913. The molecule has 0 amide bonds. The van der Waals surface area contributed by atoms with Gasteiger partial charge in [0.1, 0.15) is 0 Å². The number of guanidine groups is 1. The lowest BCUT2D eigenvalue weighted by atomic mass is 10.1. The van der Waals surface area contributed by atoms with Crippen LogP contribution in [0, 0.1) is 0 Å². The summed E-state index contributed by atoms with van der Waals surface area (Å²) in [5.74, 6) is 0.603. The van der Waals surface area contributed by atoms with Gasteiger partial charge in [-0.25, -0.2) is 8.42 Å². The number of aromatic nitrogens is 1. The molecule has 3 rings (SSSR count). The highest BCUT2D eigenvalue weighted by atomic mass is 32.2. The third-order valence-electron chi connectivity index (χ3n) is 4.65. The lowest BCUT2D eigenvalue weighted by molar-refractivity contribution is 0.0729. The Morgan fingerprint density at radius 3 is 2.45 bits per heavy atom. The molecule has 2 aromatic rings. The van der Waals surface area contributed by atoms with Crippen LogP contribution in [0.25, 0.3) is 0 Å². The maximum atomic E-state index is 12.8. The summed E-state index contributed by atoms with van der Waals surface area (Å²) in [6, 6.07) is 13.3. The van der Waals surface area contributed by atoms with Gasteiger partial charge in [-0.05, 0) is 23.3 Å². The first kappa shape index (κ1) is 21.2. The molecule has 0 aliphatic carbocycles. The molecular weight excluding hydrogens is 390 g/mol. The van der Waals surface area contributed by atoms with E-state index < -0.39 is 10.0 Å². The zero-order valence-electron chi connectivity index (χ0n) is 16.5. The number of nitrogens with one attached hydrogen (secondary N) is 2. The molecule has 2 heterocycles. The maximum absolute atomic E-state index is 12.8. The lowest BCUT2D eigenvalue weighted by Gasteiger charge is -2.26. The van der Waals surface area contributed by atoms with Gasteiger partial charge in [0, 0.05) is 32.9 Å². The summed E-state index contributed by atoms with van der Waals surface area (Å²) in [6.45, 7) is 2.73. The highest BCUT2D eigenvalue weighted by Gasteiger charge is 2.25. The standard InChI is InChI=1S/C20H27N5O3S/c1-21-20(24-15-19-8-4-5-9-22-19)23-14-17-6-2-3-7-18(17)16-29(26,27)25-10-12-28-13-11-25/h2-9H,10-16H2,1H3,(H2,21,23,24). The van der Waals surface area contributed by atoms with Crippen LogP contribution in [0.5, 0.6) is 0 Å². The number of rotatable bonds is 7. The fourth-order valence-corrected chi connectivity index (χ4v) is 4.62. The first-order chi connectivity index (χ1) is 14.1. The van der Waals surface area contributed by atoms with Crippen LogP contribution in [-0.4, -0.2) is 57.0 Å². The molecule has 2 N–H and O–H groups in total. The van der Waals surface area contributed by atoms with Gasteiger partial charge < -0.3 is 15.4 Å². The molecule has 0 spiro atoms. The first-order valence-corrected chi connectivity index (χ1v) is 11.2. The van der Waals surface area contributed by atoms with E-state index in [0.717, 1.165) is 16.8 Å². The van der Waals surface area contributed by atoms with E-state index in [4.69, 9.17) is 4.74 Å². The number of nitrogens with zero attached hydrogens (tertiary/aromatic N) is 3. The topological polar surface area (TPSA) is 95.9 Å². The van der Waals surface area contributed by atoms with Crippen LogP contribution in [0.2, 0.25) is 0 Å². The molecule has 29 heavy (non-hydrogen) atoms. The van der Waals surface area contributed by atoms with Gasteiger partial charge in [-0.3, -0.25) is 9.98 Å². The molecule has 0 atom stereocenters. The molecule has 1 saturated heterocycles. The van der Waals surface area contributed by atoms with Gasteiger partial charge in [0.05, 0.1) is 31.2 Å². The second-order valence-corrected chi connectivity index (χ2v) is 8.61. The first-order valence-electron chi connectivity index (χ1n) is 9.55. The monoisotopic (exact) mass is 417 g/mol. The summed E-state index contributed by atoms with van der Waals surface area (Å²) in [5, 5.41) is 6.46. The van der Waals surface area contributed by atoms with E-state index in [9.17, 15) is 8.42 Å². The third kappa shape index (κ3) is 6.25. The molecule has 1 fully saturated rings. The third-order valence-corrected chi connectivity index (χ3v) is 6.48. The summed E-state index contributed by atoms with van der Waals surface area (Å²) in [7, 11) is -1.68. The summed E-state index contributed by atoms with van der Waals surface area (Å²) >= 11 is 0. The second-order valence-electron chi connectivity index (χ2n) is 6.64. The zero-order chi connectivity index (χ0) is 20.5. The molecular formula is C20H27N5O3S. The van der Waals surface area contributed by atoms with Crippen LogP contribution in [-0.2, 0) is 33.6 Å². The van der Waals surface area contributed by atoms with Crippen molar-refractivity contribution >= 4 is 16.0 Å². The normalized spacial score (nSPS) is 15.8. The van der Waals surface area contributed by atoms with Crippen LogP contribution in [0.15, 0.2) is 53.7 Å². The fraction of sp³-hybridized carbons (Fsp3) is 0.400. The number of ether oxygens (including phenoxy) is 1. The molecule has 8 nitrogen and oxygen atoms in total. The van der Waals surface area contributed by atoms with Crippen molar-refractivity contribution in [2.45, 2.75) is 18.8 Å². The number of aliphatic imine (C=N–C) groups is 1. The molecule has 0 saturated carbocycles. The molecule has 1 aliphatic rings. The fourth-order valence-electron chi connectivity index (χ4n) is 3.06. The minimum absolute atomic E-state index is 0.0230. The van der Waals surface area contributed by atoms with E-state index in [1.165, 1.54) is 4.31 Å². The van der Waals surface area contributed by atoms with Gasteiger partial charge in [-0.1, -0.05) is 30.3 Å². The number of sulfonamides is 1. The van der Waals surface area contributed by atoms with E-state index in [2.05, 4.69) is 20.6 Å². The zero-order valence-corrected chi connectivity index (χ0v) is 17.4. The SMILES string of the molecule is CN=C(NCc1ccccn1)NCc1ccccc1CS(=O)(=O)N1CCOCC1. The van der Waals surface area contributed by atoms with E-state index in [1.54, 1.807) is 13.2 Å². The quantitative estimate of drug-likeness (QED) is 0.518. The van der Waals surface area contributed by atoms with E-state index in [1.807, 2.05) is 42.5 Å². The average Bonchev–Trinajstić information content (AvgIpc) is 2.76. The van der Waals surface area contributed by atoms with Crippen molar-refractivity contribution in [2.24, 2.45) is 4.99 Å². The van der Waals surface area contributed by atoms with Crippen molar-refractivity contribution in [2.75, 3.05) is 33.4 Å². The van der Waals surface area contributed by atoms with Crippen molar-refractivity contribution < 1.29 is 13.2 Å². The van der Waals surface area contributed by atoms with Crippen molar-refractivity contribution in [3.63, 3.8) is 0 Å². The maximum Gasteiger partial charge on any atom is 0.218 e. The van der Waals surface area contributed by atoms with Gasteiger partial charge >= 0.3 is 0 Å². The smallest absolute Gasteiger partial charge is 0.218 e. The number of pyridine rings is 1. The largest absolute Gasteiger partial charge is 0.379 e. The molecule has 1 aromatic heterocycles. The van der Waals surface area contributed by atoms with E-state index >= 15 is 0 Å². The predicted molar refractivity (Wildman–Crippen MR) is 113 cm³/mol. The summed E-state index contributed by atoms with van der Waals surface area (Å²) in [4.78, 5) is 8.50. The summed E-state index contributed by atoms with van der Waals surface area (Å²) in [6.07, 6.45) is 1.75. The number of hydrogen-bond donors (Lipinski definition) is 2. The van der Waals surface area contributed by atoms with Crippen LogP contribution in [0.1, 0.15) is 16.8 Å². The van der Waals surface area contributed by atoms with Crippen LogP contribution in [0.4, 0.5) is 0 Å². The number of benzene rings is 1. The highest BCUT2D eigenvalue weighted by Crippen LogP contribution is 2.16. The second kappa shape index (κ2) is 10.3. The summed E-state index contributed by atoms with van der Waals surface area (Å²) < 4.78 is 32.3. The van der Waals surface area contributed by atoms with Gasteiger partial charge in [0.25, 0.3) is 0 Å². The minimum atomic E-state index is -3.38. The number of hydrogen-bond acceptors (Lipinski definition) is 5. The van der Waals surface area contributed by atoms with Crippen LogP contribution >= 0.6 is 0 Å². The van der Waals surface area contributed by atoms with Gasteiger partial charge in [-0.2, -0.15) is 4.31 Å². The van der Waals surface area contributed by atoms with E-state index in [0.29, 0.717) is 45.4 Å². The Morgan fingerprint density at radius 2 is 1.76 bits per heavy atom. The van der Waals surface area contributed by atoms with Crippen molar-refractivity contribution in [3.05, 3.63) is 65.5 Å². The number of morpholine rings is 1. The van der Waals surface area contributed by atoms with Crippen LogP contribution in [0.3, 0.4) is 0 Å². The minimum Gasteiger partial charge on any atom is -0.379 e. The van der Waals surface area contributed by atoms with E-state index in [-0.39, 0.29) is 5.75 Å². The Labute approximate surface area is 172 Å². The molecule has 0 bridgehead atoms. The van der Waals surface area contributed by atoms with Gasteiger partial charge in [0.15, 0.2) is 5.96 Å². The van der Waals surface area contributed by atoms with Crippen LogP contribution < -0.4 is 10.6 Å². The van der Waals surface area contributed by atoms with Gasteiger partial charge in [0.2, 0.25) is 10.0 Å². The predicted octanol–water partition coefficient (Wildman–Crippen LogP) is 1.11. The van der Waals surface area contributed by atoms with Crippen molar-refractivity contribution in [1.82, 2.24) is 19.9 Å². The highest BCUT2D eigenvalue weighted by molar-refractivity contribution is 7.88. The Morgan fingerprint density at radius 1 is 1.07 bits per heavy atom. The summed E-state index contributed by atoms with van der Waals surface area (Å²) in [5.41, 5.74) is 2.62. The van der Waals surface area contributed by atoms with Crippen molar-refractivity contribution in [3.8, 4) is 0 Å².